The van der Waals surface area contributed by atoms with E-state index in [1.807, 2.05) is 12.1 Å². The van der Waals surface area contributed by atoms with Gasteiger partial charge < -0.3 is 9.05 Å². The van der Waals surface area contributed by atoms with Crippen LogP contribution in [0.1, 0.15) is 31.2 Å². The van der Waals surface area contributed by atoms with E-state index < -0.39 is 13.0 Å². The fraction of sp³-hybridized carbons (Fsp3) is 0.533. The predicted molar refractivity (Wildman–Crippen MR) is 83.1 cm³/mol. The first kappa shape index (κ1) is 16.7. The molecule has 1 aliphatic rings. The molecule has 2 rings (SSSR count). The highest BCUT2D eigenvalue weighted by molar-refractivity contribution is 7.52. The highest BCUT2D eigenvalue weighted by Gasteiger charge is 2.42. The average Bonchev–Trinajstić information content (AvgIpc) is 2.96. The average molecular weight is 331 g/mol. The lowest BCUT2D eigenvalue weighted by atomic mass is 9.75. The Labute approximate surface area is 130 Å². The van der Waals surface area contributed by atoms with Crippen LogP contribution in [0.25, 0.3) is 0 Å². The number of carbonyl (C=O) groups excluding carboxylic acids is 1. The quantitative estimate of drug-likeness (QED) is 0.733. The SMILES string of the molecule is COP(C)(=O)OCC(=O)C1(c2ccc(Cl)cc2)CCCC1. The molecule has 1 saturated carbocycles. The Morgan fingerprint density at radius 2 is 1.86 bits per heavy atom. The van der Waals surface area contributed by atoms with E-state index in [4.69, 9.17) is 20.6 Å². The van der Waals surface area contributed by atoms with Crippen molar-refractivity contribution in [1.82, 2.24) is 0 Å². The summed E-state index contributed by atoms with van der Waals surface area (Å²) < 4.78 is 21.7. The molecule has 0 heterocycles. The van der Waals surface area contributed by atoms with E-state index in [2.05, 4.69) is 0 Å². The van der Waals surface area contributed by atoms with Crippen LogP contribution in [0.5, 0.6) is 0 Å². The van der Waals surface area contributed by atoms with Gasteiger partial charge in [-0.15, -0.1) is 0 Å². The third-order valence-electron chi connectivity index (χ3n) is 4.15. The Morgan fingerprint density at radius 3 is 2.38 bits per heavy atom. The third kappa shape index (κ3) is 3.75. The summed E-state index contributed by atoms with van der Waals surface area (Å²) in [5, 5.41) is 0.646. The fourth-order valence-corrected chi connectivity index (χ4v) is 3.43. The first-order valence-electron chi connectivity index (χ1n) is 6.97. The summed E-state index contributed by atoms with van der Waals surface area (Å²) in [5.74, 6) is -0.0403. The molecule has 21 heavy (non-hydrogen) atoms. The van der Waals surface area contributed by atoms with Crippen molar-refractivity contribution in [2.45, 2.75) is 31.1 Å². The Morgan fingerprint density at radius 1 is 1.29 bits per heavy atom. The van der Waals surface area contributed by atoms with Crippen molar-refractivity contribution in [3.05, 3.63) is 34.9 Å². The fourth-order valence-electron chi connectivity index (χ4n) is 2.84. The number of rotatable bonds is 6. The van der Waals surface area contributed by atoms with Gasteiger partial charge in [-0.05, 0) is 30.5 Å². The van der Waals surface area contributed by atoms with Gasteiger partial charge in [0.25, 0.3) is 0 Å². The third-order valence-corrected chi connectivity index (χ3v) is 5.66. The standard InChI is InChI=1S/C15H20ClO4P/c1-19-21(2,18)20-11-14(17)15(9-3-4-10-15)12-5-7-13(16)8-6-12/h5-8H,3-4,9-11H2,1-2H3. The predicted octanol–water partition coefficient (Wildman–Crippen LogP) is 4.21. The molecule has 0 spiro atoms. The van der Waals surface area contributed by atoms with Crippen LogP contribution in [0.2, 0.25) is 5.02 Å². The molecular formula is C15H20ClO4P. The van der Waals surface area contributed by atoms with Gasteiger partial charge in [0.1, 0.15) is 6.61 Å². The molecule has 0 bridgehead atoms. The molecule has 6 heteroatoms. The van der Waals surface area contributed by atoms with E-state index in [9.17, 15) is 9.36 Å². The smallest absolute Gasteiger partial charge is 0.312 e. The first-order chi connectivity index (χ1) is 9.89. The van der Waals surface area contributed by atoms with Crippen molar-refractivity contribution in [3.63, 3.8) is 0 Å². The summed E-state index contributed by atoms with van der Waals surface area (Å²) in [7, 11) is -1.82. The summed E-state index contributed by atoms with van der Waals surface area (Å²) >= 11 is 5.92. The zero-order valence-electron chi connectivity index (χ0n) is 12.3. The molecule has 0 aliphatic heterocycles. The van der Waals surface area contributed by atoms with Crippen molar-refractivity contribution >= 4 is 25.0 Å². The Hall–Kier alpha value is -0.670. The molecule has 116 valence electrons. The molecule has 0 radical (unpaired) electrons. The van der Waals surface area contributed by atoms with Gasteiger partial charge in [0, 0.05) is 18.8 Å². The van der Waals surface area contributed by atoms with Crippen molar-refractivity contribution in [3.8, 4) is 0 Å². The largest absolute Gasteiger partial charge is 0.327 e. The maximum absolute atomic E-state index is 12.7. The number of Topliss-reactive ketones (excluding diaryl/α,β-unsaturated/α-hetero) is 1. The van der Waals surface area contributed by atoms with Crippen LogP contribution in [-0.4, -0.2) is 26.2 Å². The van der Waals surface area contributed by atoms with E-state index in [-0.39, 0.29) is 12.4 Å². The maximum Gasteiger partial charge on any atom is 0.327 e. The molecule has 0 amide bonds. The number of hydrogen-bond acceptors (Lipinski definition) is 4. The lowest BCUT2D eigenvalue weighted by molar-refractivity contribution is -0.126. The Balaban J connectivity index is 2.20. The second kappa shape index (κ2) is 6.62. The zero-order chi connectivity index (χ0) is 15.5. The lowest BCUT2D eigenvalue weighted by Gasteiger charge is -2.28. The highest BCUT2D eigenvalue weighted by Crippen LogP contribution is 2.46. The second-order valence-electron chi connectivity index (χ2n) is 5.45. The summed E-state index contributed by atoms with van der Waals surface area (Å²) in [5.41, 5.74) is 0.416. The molecule has 4 nitrogen and oxygen atoms in total. The van der Waals surface area contributed by atoms with Crippen molar-refractivity contribution in [2.75, 3.05) is 20.4 Å². The van der Waals surface area contributed by atoms with Gasteiger partial charge in [-0.2, -0.15) is 0 Å². The number of halogens is 1. The topological polar surface area (TPSA) is 52.6 Å². The summed E-state index contributed by atoms with van der Waals surface area (Å²) in [4.78, 5) is 12.7. The molecule has 1 fully saturated rings. The van der Waals surface area contributed by atoms with Crippen LogP contribution in [0.3, 0.4) is 0 Å². The van der Waals surface area contributed by atoms with E-state index >= 15 is 0 Å². The van der Waals surface area contributed by atoms with Crippen LogP contribution in [0, 0.1) is 0 Å². The van der Waals surface area contributed by atoms with Gasteiger partial charge in [-0.1, -0.05) is 36.6 Å². The Kier molecular flexibility index (Phi) is 5.26. The van der Waals surface area contributed by atoms with E-state index in [0.29, 0.717) is 5.02 Å². The van der Waals surface area contributed by atoms with Gasteiger partial charge in [0.05, 0.1) is 5.41 Å². The van der Waals surface area contributed by atoms with Crippen LogP contribution >= 0.6 is 19.2 Å². The van der Waals surface area contributed by atoms with Crippen LogP contribution < -0.4 is 0 Å². The second-order valence-corrected chi connectivity index (χ2v) is 8.05. The van der Waals surface area contributed by atoms with Crippen molar-refractivity contribution in [2.24, 2.45) is 0 Å². The maximum atomic E-state index is 12.7. The lowest BCUT2D eigenvalue weighted by Crippen LogP contribution is -2.35. The molecule has 0 saturated heterocycles. The van der Waals surface area contributed by atoms with Gasteiger partial charge in [0.15, 0.2) is 5.78 Å². The molecule has 1 unspecified atom stereocenters. The number of carbonyl (C=O) groups is 1. The van der Waals surface area contributed by atoms with Crippen molar-refractivity contribution in [1.29, 1.82) is 0 Å². The minimum atomic E-state index is -3.14. The summed E-state index contributed by atoms with van der Waals surface area (Å²) in [6.45, 7) is 1.17. The number of benzene rings is 1. The van der Waals surface area contributed by atoms with E-state index in [1.54, 1.807) is 12.1 Å². The van der Waals surface area contributed by atoms with E-state index in [1.165, 1.54) is 13.8 Å². The summed E-state index contributed by atoms with van der Waals surface area (Å²) in [6, 6.07) is 7.39. The highest BCUT2D eigenvalue weighted by atomic mass is 35.5. The van der Waals surface area contributed by atoms with Gasteiger partial charge in [-0.25, -0.2) is 0 Å². The minimum Gasteiger partial charge on any atom is -0.312 e. The molecular weight excluding hydrogens is 311 g/mol. The molecule has 0 N–H and O–H groups in total. The molecule has 1 aliphatic carbocycles. The molecule has 1 atom stereocenters. The normalized spacial score (nSPS) is 20.1. The number of ketones is 1. The van der Waals surface area contributed by atoms with E-state index in [0.717, 1.165) is 31.2 Å². The van der Waals surface area contributed by atoms with Crippen LogP contribution in [-0.2, 0) is 23.8 Å². The molecule has 0 aromatic heterocycles. The van der Waals surface area contributed by atoms with Crippen LogP contribution in [0.15, 0.2) is 24.3 Å². The van der Waals surface area contributed by atoms with Gasteiger partial charge >= 0.3 is 7.60 Å². The van der Waals surface area contributed by atoms with Gasteiger partial charge in [-0.3, -0.25) is 9.36 Å². The first-order valence-corrected chi connectivity index (χ1v) is 9.33. The minimum absolute atomic E-state index is 0.0403. The number of hydrogen-bond donors (Lipinski definition) is 0. The Bertz CT molecular complexity index is 549. The van der Waals surface area contributed by atoms with Crippen molar-refractivity contribution < 1.29 is 18.4 Å². The summed E-state index contributed by atoms with van der Waals surface area (Å²) in [6.07, 6.45) is 3.58. The zero-order valence-corrected chi connectivity index (χ0v) is 14.0. The van der Waals surface area contributed by atoms with Gasteiger partial charge in [0.2, 0.25) is 0 Å². The van der Waals surface area contributed by atoms with Crippen LogP contribution in [0.4, 0.5) is 0 Å². The molecule has 1 aromatic rings. The molecule has 1 aromatic carbocycles. The monoisotopic (exact) mass is 330 g/mol.